The first kappa shape index (κ1) is 30.4. The molecular formula is C28H49NO5. The van der Waals surface area contributed by atoms with Crippen LogP contribution in [-0.4, -0.2) is 54.3 Å². The second kappa shape index (κ2) is 19.7. The molecule has 1 rings (SSSR count). The maximum absolute atomic E-state index is 12.2. The second-order valence-electron chi connectivity index (χ2n) is 9.65. The Morgan fingerprint density at radius 3 is 1.62 bits per heavy atom. The van der Waals surface area contributed by atoms with Gasteiger partial charge >= 0.3 is 5.97 Å². The molecule has 196 valence electrons. The highest BCUT2D eigenvalue weighted by atomic mass is 16.5. The van der Waals surface area contributed by atoms with Gasteiger partial charge in [-0.2, -0.15) is 0 Å². The Balaban J connectivity index is 2.05. The zero-order valence-electron chi connectivity index (χ0n) is 21.4. The first-order valence-electron chi connectivity index (χ1n) is 13.4. The predicted octanol–water partition coefficient (Wildman–Crippen LogP) is 5.70. The minimum absolute atomic E-state index is 0.242. The van der Waals surface area contributed by atoms with Crippen LogP contribution in [0.2, 0.25) is 0 Å². The Morgan fingerprint density at radius 2 is 1.18 bits per heavy atom. The van der Waals surface area contributed by atoms with E-state index in [-0.39, 0.29) is 6.61 Å². The molecule has 0 unspecified atom stereocenters. The normalized spacial score (nSPS) is 11.5. The fourth-order valence-corrected chi connectivity index (χ4v) is 3.87. The lowest BCUT2D eigenvalue weighted by molar-refractivity contribution is -0.0441. The molecule has 0 aromatic heterocycles. The lowest BCUT2D eigenvalue weighted by Crippen LogP contribution is -2.39. The van der Waals surface area contributed by atoms with Crippen LogP contribution in [0.1, 0.15) is 107 Å². The van der Waals surface area contributed by atoms with Gasteiger partial charge in [-0.25, -0.2) is 4.79 Å². The third-order valence-corrected chi connectivity index (χ3v) is 6.50. The summed E-state index contributed by atoms with van der Waals surface area (Å²) in [5.41, 5.74) is 0.136. The zero-order chi connectivity index (χ0) is 24.9. The largest absolute Gasteiger partial charge is 0.461 e. The zero-order valence-corrected chi connectivity index (χ0v) is 21.4. The van der Waals surface area contributed by atoms with E-state index in [2.05, 4.69) is 12.2 Å². The molecule has 0 heterocycles. The van der Waals surface area contributed by atoms with E-state index in [4.69, 9.17) is 4.74 Å². The lowest BCUT2D eigenvalue weighted by Gasteiger charge is -2.26. The lowest BCUT2D eigenvalue weighted by atomic mass is 9.93. The van der Waals surface area contributed by atoms with Crippen LogP contribution < -0.4 is 5.32 Å². The number of esters is 1. The quantitative estimate of drug-likeness (QED) is 0.126. The molecule has 0 fully saturated rings. The average molecular weight is 480 g/mol. The number of carbonyl (C=O) groups excluding carboxylic acids is 1. The SMILES string of the molecule is CCCCCCCCCCCCCCCCNc1ccc(C(=O)OCC(CO)(CO)CO)cc1. The molecule has 0 aliphatic heterocycles. The van der Waals surface area contributed by atoms with Crippen LogP contribution in [0.3, 0.4) is 0 Å². The first-order valence-corrected chi connectivity index (χ1v) is 13.4. The fraction of sp³-hybridized carbons (Fsp3) is 0.750. The number of unbranched alkanes of at least 4 members (excludes halogenated alkanes) is 13. The summed E-state index contributed by atoms with van der Waals surface area (Å²) in [5, 5.41) is 31.3. The van der Waals surface area contributed by atoms with E-state index >= 15 is 0 Å². The van der Waals surface area contributed by atoms with Gasteiger partial charge in [-0.05, 0) is 30.7 Å². The number of ether oxygens (including phenoxy) is 1. The number of carbonyl (C=O) groups is 1. The summed E-state index contributed by atoms with van der Waals surface area (Å²) in [6.45, 7) is 1.55. The standard InChI is InChI=1S/C28H49NO5/c1-2-3-4-5-6-7-8-9-10-11-12-13-14-15-20-29-26-18-16-25(17-19-26)27(33)34-24-28(21-30,22-31)23-32/h16-19,29-32H,2-15,20-24H2,1H3. The molecule has 0 aliphatic rings. The van der Waals surface area contributed by atoms with Gasteiger partial charge in [-0.1, -0.05) is 90.4 Å². The van der Waals surface area contributed by atoms with Gasteiger partial charge in [-0.3, -0.25) is 0 Å². The van der Waals surface area contributed by atoms with Crippen molar-refractivity contribution in [2.24, 2.45) is 5.41 Å². The maximum Gasteiger partial charge on any atom is 0.338 e. The number of aliphatic hydroxyl groups is 3. The highest BCUT2D eigenvalue weighted by Crippen LogP contribution is 2.17. The highest BCUT2D eigenvalue weighted by molar-refractivity contribution is 5.89. The van der Waals surface area contributed by atoms with E-state index in [0.29, 0.717) is 5.56 Å². The number of nitrogens with one attached hydrogen (secondary N) is 1. The number of hydrogen-bond acceptors (Lipinski definition) is 6. The first-order chi connectivity index (χ1) is 16.6. The van der Waals surface area contributed by atoms with Crippen molar-refractivity contribution in [3.63, 3.8) is 0 Å². The van der Waals surface area contributed by atoms with E-state index in [9.17, 15) is 20.1 Å². The fourth-order valence-electron chi connectivity index (χ4n) is 3.87. The summed E-state index contributed by atoms with van der Waals surface area (Å²) in [6.07, 6.45) is 18.9. The Bertz CT molecular complexity index is 607. The molecule has 0 spiro atoms. The number of hydrogen-bond donors (Lipinski definition) is 4. The van der Waals surface area contributed by atoms with E-state index in [0.717, 1.165) is 18.7 Å². The molecule has 34 heavy (non-hydrogen) atoms. The van der Waals surface area contributed by atoms with Crippen molar-refractivity contribution in [2.45, 2.75) is 96.8 Å². The Labute approximate surface area is 207 Å². The van der Waals surface area contributed by atoms with Crippen molar-refractivity contribution in [1.29, 1.82) is 0 Å². The van der Waals surface area contributed by atoms with Gasteiger partial charge in [0.2, 0.25) is 0 Å². The summed E-state index contributed by atoms with van der Waals surface area (Å²) in [6, 6.07) is 7.07. The summed E-state index contributed by atoms with van der Waals surface area (Å²) < 4.78 is 5.16. The van der Waals surface area contributed by atoms with Gasteiger partial charge in [0.1, 0.15) is 6.61 Å². The third kappa shape index (κ3) is 13.3. The van der Waals surface area contributed by atoms with Crippen molar-refractivity contribution in [3.8, 4) is 0 Å². The molecule has 0 saturated heterocycles. The molecular weight excluding hydrogens is 430 g/mol. The summed E-state index contributed by atoms with van der Waals surface area (Å²) >= 11 is 0. The van der Waals surface area contributed by atoms with E-state index < -0.39 is 31.2 Å². The Morgan fingerprint density at radius 1 is 0.735 bits per heavy atom. The molecule has 6 heteroatoms. The average Bonchev–Trinajstić information content (AvgIpc) is 2.87. The monoisotopic (exact) mass is 479 g/mol. The topological polar surface area (TPSA) is 99.0 Å². The van der Waals surface area contributed by atoms with Crippen molar-refractivity contribution >= 4 is 11.7 Å². The number of rotatable bonds is 22. The molecule has 6 nitrogen and oxygen atoms in total. The summed E-state index contributed by atoms with van der Waals surface area (Å²) in [5.74, 6) is -0.543. The minimum Gasteiger partial charge on any atom is -0.461 e. The van der Waals surface area contributed by atoms with Crippen LogP contribution in [0.15, 0.2) is 24.3 Å². The van der Waals surface area contributed by atoms with Crippen LogP contribution in [0.4, 0.5) is 5.69 Å². The molecule has 0 atom stereocenters. The third-order valence-electron chi connectivity index (χ3n) is 6.50. The van der Waals surface area contributed by atoms with Crippen LogP contribution in [0, 0.1) is 5.41 Å². The maximum atomic E-state index is 12.2. The van der Waals surface area contributed by atoms with E-state index in [1.807, 2.05) is 12.1 Å². The van der Waals surface area contributed by atoms with Gasteiger partial charge in [0.25, 0.3) is 0 Å². The highest BCUT2D eigenvalue weighted by Gasteiger charge is 2.30. The Kier molecular flexibility index (Phi) is 17.6. The smallest absolute Gasteiger partial charge is 0.338 e. The Hall–Kier alpha value is -1.63. The van der Waals surface area contributed by atoms with Crippen LogP contribution in [0.5, 0.6) is 0 Å². The molecule has 0 aliphatic carbocycles. The van der Waals surface area contributed by atoms with E-state index in [1.165, 1.54) is 83.5 Å². The molecule has 0 radical (unpaired) electrons. The molecule has 0 bridgehead atoms. The molecule has 0 saturated carbocycles. The minimum atomic E-state index is -1.22. The van der Waals surface area contributed by atoms with Crippen LogP contribution in [-0.2, 0) is 4.74 Å². The second-order valence-corrected chi connectivity index (χ2v) is 9.65. The summed E-state index contributed by atoms with van der Waals surface area (Å²) in [4.78, 5) is 12.2. The van der Waals surface area contributed by atoms with Crippen molar-refractivity contribution in [2.75, 3.05) is 38.3 Å². The molecule has 1 aromatic carbocycles. The molecule has 0 amide bonds. The van der Waals surface area contributed by atoms with Crippen molar-refractivity contribution in [3.05, 3.63) is 29.8 Å². The van der Waals surface area contributed by atoms with Gasteiger partial charge in [0, 0.05) is 12.2 Å². The van der Waals surface area contributed by atoms with Gasteiger partial charge in [-0.15, -0.1) is 0 Å². The van der Waals surface area contributed by atoms with Crippen LogP contribution >= 0.6 is 0 Å². The number of benzene rings is 1. The molecule has 1 aromatic rings. The summed E-state index contributed by atoms with van der Waals surface area (Å²) in [7, 11) is 0. The van der Waals surface area contributed by atoms with Gasteiger partial charge in [0.15, 0.2) is 0 Å². The van der Waals surface area contributed by atoms with Crippen molar-refractivity contribution < 1.29 is 24.9 Å². The number of anilines is 1. The van der Waals surface area contributed by atoms with Crippen LogP contribution in [0.25, 0.3) is 0 Å². The van der Waals surface area contributed by atoms with E-state index in [1.54, 1.807) is 12.1 Å². The van der Waals surface area contributed by atoms with Crippen molar-refractivity contribution in [1.82, 2.24) is 0 Å². The van der Waals surface area contributed by atoms with Gasteiger partial charge in [0.05, 0.1) is 30.8 Å². The predicted molar refractivity (Wildman–Crippen MR) is 139 cm³/mol. The van der Waals surface area contributed by atoms with Gasteiger partial charge < -0.3 is 25.4 Å². The number of aliphatic hydroxyl groups excluding tert-OH is 3. The molecule has 4 N–H and O–H groups in total.